The fraction of sp³-hybridized carbons (Fsp3) is 0.591. The highest BCUT2D eigenvalue weighted by Gasteiger charge is 2.37. The van der Waals surface area contributed by atoms with Crippen molar-refractivity contribution < 1.29 is 14.4 Å². The van der Waals surface area contributed by atoms with Crippen molar-refractivity contribution in [3.8, 4) is 0 Å². The van der Waals surface area contributed by atoms with Crippen molar-refractivity contribution in [2.45, 2.75) is 39.8 Å². The SMILES string of the molecule is Cc1ccc(CN2CC(C(=O)N3CCN(CC(=O)NC(C)C)CC3)CC2=O)cc1. The van der Waals surface area contributed by atoms with Gasteiger partial charge in [0.15, 0.2) is 0 Å². The van der Waals surface area contributed by atoms with Crippen LogP contribution >= 0.6 is 0 Å². The number of hydrogen-bond acceptors (Lipinski definition) is 4. The third-order valence-electron chi connectivity index (χ3n) is 5.56. The molecule has 29 heavy (non-hydrogen) atoms. The van der Waals surface area contributed by atoms with Crippen LogP contribution in [0.4, 0.5) is 0 Å². The Labute approximate surface area is 173 Å². The fourth-order valence-corrected chi connectivity index (χ4v) is 3.96. The van der Waals surface area contributed by atoms with E-state index in [-0.39, 0.29) is 29.7 Å². The Morgan fingerprint density at radius 1 is 1.10 bits per heavy atom. The largest absolute Gasteiger partial charge is 0.353 e. The quantitative estimate of drug-likeness (QED) is 0.774. The Kier molecular flexibility index (Phi) is 6.90. The second-order valence-corrected chi connectivity index (χ2v) is 8.48. The van der Waals surface area contributed by atoms with Crippen molar-refractivity contribution in [1.82, 2.24) is 20.0 Å². The second kappa shape index (κ2) is 9.39. The normalized spacial score (nSPS) is 20.4. The first-order chi connectivity index (χ1) is 13.8. The summed E-state index contributed by atoms with van der Waals surface area (Å²) >= 11 is 0. The number of piperazine rings is 1. The molecule has 2 fully saturated rings. The number of rotatable bonds is 6. The molecule has 0 aromatic heterocycles. The maximum absolute atomic E-state index is 12.9. The number of carbonyl (C=O) groups is 3. The number of benzene rings is 1. The summed E-state index contributed by atoms with van der Waals surface area (Å²) in [6.45, 7) is 9.93. The summed E-state index contributed by atoms with van der Waals surface area (Å²) in [5.41, 5.74) is 2.28. The standard InChI is InChI=1S/C22H32N4O3/c1-16(2)23-20(27)15-24-8-10-25(11-9-24)22(29)19-12-21(28)26(14-19)13-18-6-4-17(3)5-7-18/h4-7,16,19H,8-15H2,1-3H3,(H,23,27). The second-order valence-electron chi connectivity index (χ2n) is 8.48. The Balaban J connectivity index is 1.47. The zero-order chi connectivity index (χ0) is 21.0. The minimum absolute atomic E-state index is 0.0212. The third kappa shape index (κ3) is 5.79. The van der Waals surface area contributed by atoms with Gasteiger partial charge in [0.25, 0.3) is 0 Å². The molecule has 158 valence electrons. The van der Waals surface area contributed by atoms with E-state index in [0.717, 1.165) is 5.56 Å². The van der Waals surface area contributed by atoms with Gasteiger partial charge in [0.1, 0.15) is 0 Å². The lowest BCUT2D eigenvalue weighted by molar-refractivity contribution is -0.137. The summed E-state index contributed by atoms with van der Waals surface area (Å²) in [5, 5.41) is 2.90. The molecule has 1 unspecified atom stereocenters. The van der Waals surface area contributed by atoms with Crippen LogP contribution in [0.5, 0.6) is 0 Å². The Hall–Kier alpha value is -2.41. The van der Waals surface area contributed by atoms with Crippen molar-refractivity contribution in [2.75, 3.05) is 39.3 Å². The van der Waals surface area contributed by atoms with Crippen LogP contribution in [0.25, 0.3) is 0 Å². The van der Waals surface area contributed by atoms with Crippen LogP contribution in [-0.4, -0.2) is 77.7 Å². The van der Waals surface area contributed by atoms with E-state index >= 15 is 0 Å². The van der Waals surface area contributed by atoms with E-state index in [9.17, 15) is 14.4 Å². The van der Waals surface area contributed by atoms with Gasteiger partial charge in [-0.3, -0.25) is 19.3 Å². The molecule has 2 aliphatic rings. The lowest BCUT2D eigenvalue weighted by Gasteiger charge is -2.35. The number of likely N-dealkylation sites (tertiary alicyclic amines) is 1. The molecular weight excluding hydrogens is 368 g/mol. The van der Waals surface area contributed by atoms with Crippen LogP contribution in [0.15, 0.2) is 24.3 Å². The van der Waals surface area contributed by atoms with Crippen molar-refractivity contribution in [1.29, 1.82) is 0 Å². The number of hydrogen-bond donors (Lipinski definition) is 1. The van der Waals surface area contributed by atoms with E-state index in [1.54, 1.807) is 4.90 Å². The highest BCUT2D eigenvalue weighted by molar-refractivity contribution is 5.89. The maximum Gasteiger partial charge on any atom is 0.234 e. The Bertz CT molecular complexity index is 739. The first-order valence-electron chi connectivity index (χ1n) is 10.5. The van der Waals surface area contributed by atoms with Crippen molar-refractivity contribution >= 4 is 17.7 Å². The monoisotopic (exact) mass is 400 g/mol. The van der Waals surface area contributed by atoms with Gasteiger partial charge in [0.2, 0.25) is 17.7 Å². The summed E-state index contributed by atoms with van der Waals surface area (Å²) in [5.74, 6) is -0.124. The van der Waals surface area contributed by atoms with Gasteiger partial charge in [-0.15, -0.1) is 0 Å². The average molecular weight is 401 g/mol. The molecule has 0 aliphatic carbocycles. The van der Waals surface area contributed by atoms with E-state index < -0.39 is 0 Å². The average Bonchev–Trinajstić information content (AvgIpc) is 3.03. The van der Waals surface area contributed by atoms with Crippen LogP contribution in [-0.2, 0) is 20.9 Å². The Morgan fingerprint density at radius 3 is 2.38 bits per heavy atom. The molecule has 1 aromatic rings. The number of amides is 3. The molecule has 7 heteroatoms. The van der Waals surface area contributed by atoms with E-state index in [0.29, 0.717) is 52.2 Å². The summed E-state index contributed by atoms with van der Waals surface area (Å²) in [6.07, 6.45) is 0.293. The van der Waals surface area contributed by atoms with Gasteiger partial charge in [0, 0.05) is 51.7 Å². The van der Waals surface area contributed by atoms with E-state index in [1.165, 1.54) is 5.56 Å². The van der Waals surface area contributed by atoms with Crippen molar-refractivity contribution in [3.63, 3.8) is 0 Å². The zero-order valence-electron chi connectivity index (χ0n) is 17.7. The molecule has 0 saturated carbocycles. The van der Waals surface area contributed by atoms with Crippen LogP contribution in [0, 0.1) is 12.8 Å². The molecule has 1 N–H and O–H groups in total. The molecule has 2 aliphatic heterocycles. The first kappa shape index (κ1) is 21.3. The summed E-state index contributed by atoms with van der Waals surface area (Å²) in [4.78, 5) is 42.9. The number of aryl methyl sites for hydroxylation is 1. The lowest BCUT2D eigenvalue weighted by atomic mass is 10.1. The minimum Gasteiger partial charge on any atom is -0.353 e. The lowest BCUT2D eigenvalue weighted by Crippen LogP contribution is -2.52. The molecule has 2 heterocycles. The molecule has 3 rings (SSSR count). The van der Waals surface area contributed by atoms with Gasteiger partial charge in [0.05, 0.1) is 12.5 Å². The van der Waals surface area contributed by atoms with E-state index in [2.05, 4.69) is 10.2 Å². The Morgan fingerprint density at radius 2 is 1.76 bits per heavy atom. The van der Waals surface area contributed by atoms with Gasteiger partial charge < -0.3 is 15.1 Å². The minimum atomic E-state index is -0.260. The van der Waals surface area contributed by atoms with Crippen LogP contribution in [0.2, 0.25) is 0 Å². The van der Waals surface area contributed by atoms with E-state index in [4.69, 9.17) is 0 Å². The first-order valence-corrected chi connectivity index (χ1v) is 10.5. The number of carbonyl (C=O) groups excluding carboxylic acids is 3. The molecule has 1 aromatic carbocycles. The van der Waals surface area contributed by atoms with Gasteiger partial charge >= 0.3 is 0 Å². The molecule has 2 saturated heterocycles. The highest BCUT2D eigenvalue weighted by Crippen LogP contribution is 2.23. The van der Waals surface area contributed by atoms with Crippen molar-refractivity contribution in [2.24, 2.45) is 5.92 Å². The van der Waals surface area contributed by atoms with Crippen LogP contribution in [0.1, 0.15) is 31.4 Å². The van der Waals surface area contributed by atoms with Crippen LogP contribution < -0.4 is 5.32 Å². The van der Waals surface area contributed by atoms with Gasteiger partial charge in [-0.25, -0.2) is 0 Å². The molecule has 3 amide bonds. The van der Waals surface area contributed by atoms with E-state index in [1.807, 2.05) is 49.9 Å². The molecule has 0 bridgehead atoms. The summed E-state index contributed by atoms with van der Waals surface area (Å²) in [6, 6.07) is 8.28. The molecule has 1 atom stereocenters. The number of nitrogens with zero attached hydrogens (tertiary/aromatic N) is 3. The van der Waals surface area contributed by atoms with Gasteiger partial charge in [-0.1, -0.05) is 29.8 Å². The van der Waals surface area contributed by atoms with Gasteiger partial charge in [-0.05, 0) is 26.3 Å². The molecule has 0 spiro atoms. The predicted molar refractivity (Wildman–Crippen MR) is 111 cm³/mol. The number of nitrogens with one attached hydrogen (secondary N) is 1. The van der Waals surface area contributed by atoms with Gasteiger partial charge in [-0.2, -0.15) is 0 Å². The third-order valence-corrected chi connectivity index (χ3v) is 5.56. The topological polar surface area (TPSA) is 73.0 Å². The fourth-order valence-electron chi connectivity index (χ4n) is 3.96. The molecular formula is C22H32N4O3. The molecule has 0 radical (unpaired) electrons. The summed E-state index contributed by atoms with van der Waals surface area (Å²) < 4.78 is 0. The predicted octanol–water partition coefficient (Wildman–Crippen LogP) is 1.01. The molecule has 7 nitrogen and oxygen atoms in total. The summed E-state index contributed by atoms with van der Waals surface area (Å²) in [7, 11) is 0. The van der Waals surface area contributed by atoms with Crippen molar-refractivity contribution in [3.05, 3.63) is 35.4 Å². The smallest absolute Gasteiger partial charge is 0.234 e. The highest BCUT2D eigenvalue weighted by atomic mass is 16.2. The zero-order valence-corrected chi connectivity index (χ0v) is 17.7. The van der Waals surface area contributed by atoms with Crippen LogP contribution in [0.3, 0.4) is 0 Å². The maximum atomic E-state index is 12.9.